The standard InChI is InChI=1S/C14H19BrN2O2/c1-19-13-7-6-10(15)9-12(13)17-14(18)11-5-3-2-4-8-16-11/h6-7,9,11,16H,2-5,8H2,1H3,(H,17,18). The summed E-state index contributed by atoms with van der Waals surface area (Å²) in [5.41, 5.74) is 0.702. The largest absolute Gasteiger partial charge is 0.495 e. The average Bonchev–Trinajstić information content (AvgIpc) is 2.68. The Hall–Kier alpha value is -1.07. The molecule has 1 heterocycles. The highest BCUT2D eigenvalue weighted by molar-refractivity contribution is 9.10. The predicted octanol–water partition coefficient (Wildman–Crippen LogP) is 2.93. The Bertz CT molecular complexity index is 443. The molecule has 4 nitrogen and oxygen atoms in total. The fraction of sp³-hybridized carbons (Fsp3) is 0.500. The lowest BCUT2D eigenvalue weighted by atomic mass is 10.1. The summed E-state index contributed by atoms with van der Waals surface area (Å²) < 4.78 is 6.17. The monoisotopic (exact) mass is 326 g/mol. The van der Waals surface area contributed by atoms with Crippen LogP contribution in [0.25, 0.3) is 0 Å². The minimum atomic E-state index is -0.105. The Morgan fingerprint density at radius 2 is 2.26 bits per heavy atom. The Kier molecular flexibility index (Phi) is 5.22. The van der Waals surface area contributed by atoms with Crippen molar-refractivity contribution in [3.8, 4) is 5.75 Å². The molecule has 1 aromatic carbocycles. The van der Waals surface area contributed by atoms with Crippen molar-refractivity contribution in [2.24, 2.45) is 0 Å². The van der Waals surface area contributed by atoms with Gasteiger partial charge >= 0.3 is 0 Å². The topological polar surface area (TPSA) is 50.4 Å². The molecule has 5 heteroatoms. The first kappa shape index (κ1) is 14.3. The number of anilines is 1. The molecule has 0 aliphatic carbocycles. The second-order valence-corrected chi connectivity index (χ2v) is 5.61. The van der Waals surface area contributed by atoms with E-state index in [1.54, 1.807) is 7.11 Å². The molecule has 0 saturated carbocycles. The van der Waals surface area contributed by atoms with Gasteiger partial charge in [-0.1, -0.05) is 28.8 Å². The van der Waals surface area contributed by atoms with Crippen molar-refractivity contribution in [1.29, 1.82) is 0 Å². The zero-order valence-electron chi connectivity index (χ0n) is 11.0. The van der Waals surface area contributed by atoms with Crippen LogP contribution in [0.15, 0.2) is 22.7 Å². The Morgan fingerprint density at radius 1 is 1.42 bits per heavy atom. The van der Waals surface area contributed by atoms with Crippen LogP contribution < -0.4 is 15.4 Å². The van der Waals surface area contributed by atoms with Crippen molar-refractivity contribution in [2.75, 3.05) is 19.0 Å². The number of benzene rings is 1. The minimum Gasteiger partial charge on any atom is -0.495 e. The second-order valence-electron chi connectivity index (χ2n) is 4.69. The van der Waals surface area contributed by atoms with E-state index in [0.29, 0.717) is 11.4 Å². The van der Waals surface area contributed by atoms with E-state index in [2.05, 4.69) is 26.6 Å². The first-order valence-corrected chi connectivity index (χ1v) is 7.38. The van der Waals surface area contributed by atoms with Gasteiger partial charge in [0.05, 0.1) is 18.8 Å². The molecule has 19 heavy (non-hydrogen) atoms. The zero-order valence-corrected chi connectivity index (χ0v) is 12.6. The molecule has 0 radical (unpaired) electrons. The van der Waals surface area contributed by atoms with Crippen LogP contribution >= 0.6 is 15.9 Å². The molecule has 0 aromatic heterocycles. The van der Waals surface area contributed by atoms with Crippen LogP contribution in [0.1, 0.15) is 25.7 Å². The molecular weight excluding hydrogens is 308 g/mol. The quantitative estimate of drug-likeness (QED) is 0.897. The number of ether oxygens (including phenoxy) is 1. The number of methoxy groups -OCH3 is 1. The van der Waals surface area contributed by atoms with E-state index in [1.165, 1.54) is 6.42 Å². The average molecular weight is 327 g/mol. The van der Waals surface area contributed by atoms with Gasteiger partial charge < -0.3 is 15.4 Å². The zero-order chi connectivity index (χ0) is 13.7. The van der Waals surface area contributed by atoms with Gasteiger partial charge in [0.25, 0.3) is 0 Å². The summed E-state index contributed by atoms with van der Waals surface area (Å²) in [5, 5.41) is 6.23. The number of rotatable bonds is 3. The smallest absolute Gasteiger partial charge is 0.241 e. The predicted molar refractivity (Wildman–Crippen MR) is 79.6 cm³/mol. The first-order valence-electron chi connectivity index (χ1n) is 6.58. The minimum absolute atomic E-state index is 0.0123. The maximum Gasteiger partial charge on any atom is 0.241 e. The summed E-state index contributed by atoms with van der Waals surface area (Å²) >= 11 is 3.40. The summed E-state index contributed by atoms with van der Waals surface area (Å²) in [4.78, 5) is 12.3. The maximum atomic E-state index is 12.3. The number of carbonyl (C=O) groups excluding carboxylic acids is 1. The number of amides is 1. The lowest BCUT2D eigenvalue weighted by Gasteiger charge is -2.17. The van der Waals surface area contributed by atoms with Crippen LogP contribution in [0.3, 0.4) is 0 Å². The fourth-order valence-electron chi connectivity index (χ4n) is 2.25. The molecule has 0 spiro atoms. The highest BCUT2D eigenvalue weighted by Crippen LogP contribution is 2.28. The Labute approximate surface area is 122 Å². The molecular formula is C14H19BrN2O2. The van der Waals surface area contributed by atoms with Crippen LogP contribution in [0, 0.1) is 0 Å². The molecule has 0 bridgehead atoms. The van der Waals surface area contributed by atoms with Gasteiger partial charge in [0.1, 0.15) is 5.75 Å². The third-order valence-corrected chi connectivity index (χ3v) is 3.79. The van der Waals surface area contributed by atoms with Crippen molar-refractivity contribution >= 4 is 27.5 Å². The molecule has 1 fully saturated rings. The number of carbonyl (C=O) groups is 1. The molecule has 1 aromatic rings. The van der Waals surface area contributed by atoms with Crippen LogP contribution in [-0.4, -0.2) is 25.6 Å². The van der Waals surface area contributed by atoms with Crippen LogP contribution in [-0.2, 0) is 4.79 Å². The van der Waals surface area contributed by atoms with Crippen molar-refractivity contribution in [3.63, 3.8) is 0 Å². The van der Waals surface area contributed by atoms with Crippen molar-refractivity contribution in [1.82, 2.24) is 5.32 Å². The SMILES string of the molecule is COc1ccc(Br)cc1NC(=O)C1CCCCCN1. The van der Waals surface area contributed by atoms with Crippen LogP contribution in [0.5, 0.6) is 5.75 Å². The van der Waals surface area contributed by atoms with E-state index >= 15 is 0 Å². The summed E-state index contributed by atoms with van der Waals surface area (Å²) in [6.45, 7) is 0.910. The second kappa shape index (κ2) is 6.91. The molecule has 1 atom stereocenters. The van der Waals surface area contributed by atoms with Crippen LogP contribution in [0.4, 0.5) is 5.69 Å². The van der Waals surface area contributed by atoms with Gasteiger partial charge in [-0.05, 0) is 37.6 Å². The molecule has 1 unspecified atom stereocenters. The van der Waals surface area contributed by atoms with E-state index in [-0.39, 0.29) is 11.9 Å². The van der Waals surface area contributed by atoms with Gasteiger partial charge in [-0.25, -0.2) is 0 Å². The molecule has 2 rings (SSSR count). The molecule has 1 aliphatic rings. The Balaban J connectivity index is 2.07. The lowest BCUT2D eigenvalue weighted by Crippen LogP contribution is -2.39. The summed E-state index contributed by atoms with van der Waals surface area (Å²) in [7, 11) is 1.60. The highest BCUT2D eigenvalue weighted by Gasteiger charge is 2.20. The van der Waals surface area contributed by atoms with Crippen molar-refractivity contribution in [2.45, 2.75) is 31.7 Å². The van der Waals surface area contributed by atoms with Gasteiger partial charge in [0.2, 0.25) is 5.91 Å². The van der Waals surface area contributed by atoms with Gasteiger partial charge in [-0.15, -0.1) is 0 Å². The number of nitrogens with one attached hydrogen (secondary N) is 2. The number of halogens is 1. The highest BCUT2D eigenvalue weighted by atomic mass is 79.9. The van der Waals surface area contributed by atoms with Gasteiger partial charge in [-0.2, -0.15) is 0 Å². The maximum absolute atomic E-state index is 12.3. The van der Waals surface area contributed by atoms with Crippen LogP contribution in [0.2, 0.25) is 0 Å². The third kappa shape index (κ3) is 3.94. The van der Waals surface area contributed by atoms with E-state index in [1.807, 2.05) is 18.2 Å². The fourth-order valence-corrected chi connectivity index (χ4v) is 2.61. The summed E-state index contributed by atoms with van der Waals surface area (Å²) in [6, 6.07) is 5.47. The molecule has 1 aliphatic heterocycles. The number of hydrogen-bond acceptors (Lipinski definition) is 3. The van der Waals surface area contributed by atoms with Gasteiger partial charge in [0, 0.05) is 4.47 Å². The molecule has 104 valence electrons. The first-order chi connectivity index (χ1) is 9.20. The molecule has 1 amide bonds. The Morgan fingerprint density at radius 3 is 3.05 bits per heavy atom. The lowest BCUT2D eigenvalue weighted by molar-refractivity contribution is -0.118. The van der Waals surface area contributed by atoms with Crippen molar-refractivity contribution < 1.29 is 9.53 Å². The van der Waals surface area contributed by atoms with E-state index in [9.17, 15) is 4.79 Å². The van der Waals surface area contributed by atoms with E-state index < -0.39 is 0 Å². The van der Waals surface area contributed by atoms with E-state index in [0.717, 1.165) is 30.3 Å². The van der Waals surface area contributed by atoms with Gasteiger partial charge in [-0.3, -0.25) is 4.79 Å². The number of hydrogen-bond donors (Lipinski definition) is 2. The normalized spacial score (nSPS) is 19.6. The summed E-state index contributed by atoms with van der Waals surface area (Å²) in [5.74, 6) is 0.684. The van der Waals surface area contributed by atoms with E-state index in [4.69, 9.17) is 4.74 Å². The summed E-state index contributed by atoms with van der Waals surface area (Å²) in [6.07, 6.45) is 4.32. The van der Waals surface area contributed by atoms with Gasteiger partial charge in [0.15, 0.2) is 0 Å². The van der Waals surface area contributed by atoms with Crippen molar-refractivity contribution in [3.05, 3.63) is 22.7 Å². The molecule has 2 N–H and O–H groups in total. The third-order valence-electron chi connectivity index (χ3n) is 3.30. The molecule has 1 saturated heterocycles.